The number of hydrogen-bond donors (Lipinski definition) is 2. The van der Waals surface area contributed by atoms with Crippen molar-refractivity contribution in [1.82, 2.24) is 10.6 Å². The zero-order valence-corrected chi connectivity index (χ0v) is 10.3. The van der Waals surface area contributed by atoms with Crippen LogP contribution >= 0.6 is 0 Å². The third-order valence-corrected chi connectivity index (χ3v) is 2.55. The Morgan fingerprint density at radius 1 is 1.44 bits per heavy atom. The van der Waals surface area contributed by atoms with Gasteiger partial charge in [0.25, 0.3) is 0 Å². The third-order valence-electron chi connectivity index (χ3n) is 2.55. The summed E-state index contributed by atoms with van der Waals surface area (Å²) in [5, 5.41) is 14.0. The van der Waals surface area contributed by atoms with E-state index in [0.29, 0.717) is 13.0 Å². The van der Waals surface area contributed by atoms with Crippen LogP contribution in [0.1, 0.15) is 34.1 Å². The number of nitriles is 1. The van der Waals surface area contributed by atoms with Crippen molar-refractivity contribution >= 4 is 11.8 Å². The minimum Gasteiger partial charge on any atom is -0.355 e. The highest BCUT2D eigenvalue weighted by Gasteiger charge is 2.32. The van der Waals surface area contributed by atoms with E-state index in [1.807, 2.05) is 6.07 Å². The quantitative estimate of drug-likeness (QED) is 0.717. The summed E-state index contributed by atoms with van der Waals surface area (Å²) >= 11 is 0. The van der Waals surface area contributed by atoms with Gasteiger partial charge in [-0.15, -0.1) is 0 Å². The summed E-state index contributed by atoms with van der Waals surface area (Å²) < 4.78 is 0. The van der Waals surface area contributed by atoms with Crippen molar-refractivity contribution in [3.63, 3.8) is 0 Å². The number of amides is 2. The molecule has 2 amide bonds. The molecule has 0 heterocycles. The predicted molar refractivity (Wildman–Crippen MR) is 60.3 cm³/mol. The van der Waals surface area contributed by atoms with E-state index >= 15 is 0 Å². The number of rotatable bonds is 5. The van der Waals surface area contributed by atoms with Crippen LogP contribution in [0.4, 0.5) is 0 Å². The second-order valence-corrected chi connectivity index (χ2v) is 3.89. The van der Waals surface area contributed by atoms with Crippen LogP contribution in [0.5, 0.6) is 0 Å². The van der Waals surface area contributed by atoms with E-state index in [2.05, 4.69) is 10.6 Å². The van der Waals surface area contributed by atoms with Gasteiger partial charge in [0.2, 0.25) is 11.8 Å². The van der Waals surface area contributed by atoms with Gasteiger partial charge in [-0.3, -0.25) is 9.59 Å². The van der Waals surface area contributed by atoms with Gasteiger partial charge in [-0.05, 0) is 27.2 Å². The molecular formula is C11H19N3O2. The monoisotopic (exact) mass is 225 g/mol. The van der Waals surface area contributed by atoms with E-state index in [1.165, 1.54) is 0 Å². The smallest absolute Gasteiger partial charge is 0.242 e. The van der Waals surface area contributed by atoms with Crippen LogP contribution in [-0.2, 0) is 9.59 Å². The predicted octanol–water partition coefficient (Wildman–Crippen LogP) is 0.567. The minimum atomic E-state index is -1.07. The number of hydrogen-bond acceptors (Lipinski definition) is 3. The van der Waals surface area contributed by atoms with Crippen molar-refractivity contribution in [1.29, 1.82) is 5.26 Å². The molecule has 0 aromatic carbocycles. The minimum absolute atomic E-state index is 0.243. The number of carbonyl (C=O) groups excluding carboxylic acids is 2. The molecule has 90 valence electrons. The molecule has 2 unspecified atom stereocenters. The first kappa shape index (κ1) is 14.4. The molecule has 0 aliphatic heterocycles. The lowest BCUT2D eigenvalue weighted by atomic mass is 9.88. The van der Waals surface area contributed by atoms with E-state index in [-0.39, 0.29) is 5.91 Å². The molecule has 0 saturated heterocycles. The highest BCUT2D eigenvalue weighted by Crippen LogP contribution is 2.19. The summed E-state index contributed by atoms with van der Waals surface area (Å²) in [5.41, 5.74) is -1.07. The second kappa shape index (κ2) is 6.11. The maximum Gasteiger partial charge on any atom is 0.242 e. The van der Waals surface area contributed by atoms with E-state index in [0.717, 1.165) is 0 Å². The number of nitrogens with zero attached hydrogens (tertiary/aromatic N) is 1. The van der Waals surface area contributed by atoms with Crippen molar-refractivity contribution in [2.45, 2.75) is 40.2 Å². The average Bonchev–Trinajstić information content (AvgIpc) is 2.28. The Labute approximate surface area is 96.2 Å². The Bertz CT molecular complexity index is 309. The molecular weight excluding hydrogens is 206 g/mol. The Hall–Kier alpha value is -1.57. The van der Waals surface area contributed by atoms with Crippen molar-refractivity contribution in [2.75, 3.05) is 6.54 Å². The van der Waals surface area contributed by atoms with Gasteiger partial charge in [0, 0.05) is 6.54 Å². The first-order valence-electron chi connectivity index (χ1n) is 5.41. The van der Waals surface area contributed by atoms with Gasteiger partial charge in [-0.1, -0.05) is 6.92 Å². The SMILES string of the molecule is CCNC(=O)C(C)NC(=O)C(C)(C#N)CC. The fourth-order valence-electron chi connectivity index (χ4n) is 1.04. The van der Waals surface area contributed by atoms with Gasteiger partial charge < -0.3 is 10.6 Å². The average molecular weight is 225 g/mol. The van der Waals surface area contributed by atoms with Crippen LogP contribution in [0.3, 0.4) is 0 Å². The molecule has 5 nitrogen and oxygen atoms in total. The fourth-order valence-corrected chi connectivity index (χ4v) is 1.04. The molecule has 5 heteroatoms. The molecule has 16 heavy (non-hydrogen) atoms. The molecule has 0 bridgehead atoms. The third kappa shape index (κ3) is 3.54. The lowest BCUT2D eigenvalue weighted by molar-refractivity contribution is -0.132. The van der Waals surface area contributed by atoms with E-state index in [1.54, 1.807) is 27.7 Å². The van der Waals surface area contributed by atoms with Gasteiger partial charge in [0.05, 0.1) is 6.07 Å². The van der Waals surface area contributed by atoms with Crippen LogP contribution in [-0.4, -0.2) is 24.4 Å². The van der Waals surface area contributed by atoms with Crippen LogP contribution in [0.25, 0.3) is 0 Å². The summed E-state index contributed by atoms with van der Waals surface area (Å²) in [6.07, 6.45) is 0.414. The molecule has 0 aromatic rings. The Morgan fingerprint density at radius 3 is 2.38 bits per heavy atom. The van der Waals surface area contributed by atoms with Crippen molar-refractivity contribution in [3.8, 4) is 6.07 Å². The van der Waals surface area contributed by atoms with Crippen LogP contribution < -0.4 is 10.6 Å². The lowest BCUT2D eigenvalue weighted by Gasteiger charge is -2.21. The number of likely N-dealkylation sites (N-methyl/N-ethyl adjacent to an activating group) is 1. The lowest BCUT2D eigenvalue weighted by Crippen LogP contribution is -2.49. The summed E-state index contributed by atoms with van der Waals surface area (Å²) in [6.45, 7) is 7.24. The summed E-state index contributed by atoms with van der Waals surface area (Å²) in [4.78, 5) is 23.1. The Morgan fingerprint density at radius 2 is 2.00 bits per heavy atom. The Balaban J connectivity index is 4.46. The molecule has 0 spiro atoms. The molecule has 0 rings (SSSR count). The molecule has 0 fully saturated rings. The van der Waals surface area contributed by atoms with Gasteiger partial charge >= 0.3 is 0 Å². The molecule has 2 atom stereocenters. The van der Waals surface area contributed by atoms with Gasteiger partial charge in [-0.25, -0.2) is 0 Å². The van der Waals surface area contributed by atoms with Gasteiger partial charge in [0.1, 0.15) is 11.5 Å². The maximum absolute atomic E-state index is 11.7. The van der Waals surface area contributed by atoms with Gasteiger partial charge in [-0.2, -0.15) is 5.26 Å². The fraction of sp³-hybridized carbons (Fsp3) is 0.727. The van der Waals surface area contributed by atoms with Crippen LogP contribution in [0.15, 0.2) is 0 Å². The molecule has 0 aliphatic carbocycles. The highest BCUT2D eigenvalue weighted by molar-refractivity contribution is 5.90. The normalized spacial score (nSPS) is 15.4. The largest absolute Gasteiger partial charge is 0.355 e. The van der Waals surface area contributed by atoms with Crippen LogP contribution in [0, 0.1) is 16.7 Å². The zero-order chi connectivity index (χ0) is 12.8. The van der Waals surface area contributed by atoms with Crippen molar-refractivity contribution in [3.05, 3.63) is 0 Å². The maximum atomic E-state index is 11.7. The van der Waals surface area contributed by atoms with Gasteiger partial charge in [0.15, 0.2) is 0 Å². The van der Waals surface area contributed by atoms with Crippen molar-refractivity contribution < 1.29 is 9.59 Å². The van der Waals surface area contributed by atoms with Crippen molar-refractivity contribution in [2.24, 2.45) is 5.41 Å². The second-order valence-electron chi connectivity index (χ2n) is 3.89. The Kier molecular flexibility index (Phi) is 5.51. The summed E-state index contributed by atoms with van der Waals surface area (Å²) in [7, 11) is 0. The number of carbonyl (C=O) groups is 2. The zero-order valence-electron chi connectivity index (χ0n) is 10.3. The van der Waals surface area contributed by atoms with E-state index in [4.69, 9.17) is 5.26 Å². The standard InChI is InChI=1S/C11H19N3O2/c1-5-11(4,7-12)10(16)14-8(3)9(15)13-6-2/h8H,5-6H2,1-4H3,(H,13,15)(H,14,16). The first-order chi connectivity index (χ1) is 7.41. The molecule has 0 aliphatic rings. The summed E-state index contributed by atoms with van der Waals surface area (Å²) in [6, 6.07) is 1.34. The summed E-state index contributed by atoms with van der Waals surface area (Å²) in [5.74, 6) is -0.650. The van der Waals surface area contributed by atoms with E-state index < -0.39 is 17.4 Å². The highest BCUT2D eigenvalue weighted by atomic mass is 16.2. The first-order valence-corrected chi connectivity index (χ1v) is 5.41. The van der Waals surface area contributed by atoms with E-state index in [9.17, 15) is 9.59 Å². The molecule has 0 saturated carbocycles. The molecule has 0 radical (unpaired) electrons. The molecule has 0 aromatic heterocycles. The topological polar surface area (TPSA) is 82.0 Å². The molecule has 2 N–H and O–H groups in total. The number of nitrogens with one attached hydrogen (secondary N) is 2. The van der Waals surface area contributed by atoms with Crippen LogP contribution in [0.2, 0.25) is 0 Å².